The molecule has 0 bridgehead atoms. The molecular weight excluding hydrogens is 190 g/mol. The van der Waals surface area contributed by atoms with Gasteiger partial charge in [-0.05, 0) is 24.2 Å². The van der Waals surface area contributed by atoms with Gasteiger partial charge in [-0.2, -0.15) is 0 Å². The van der Waals surface area contributed by atoms with Gasteiger partial charge in [-0.3, -0.25) is 0 Å². The zero-order chi connectivity index (χ0) is 13.7. The topological polar surface area (TPSA) is 12.0 Å². The number of nitrogens with one attached hydrogen (secondary N) is 1. The van der Waals surface area contributed by atoms with Crippen molar-refractivity contribution in [3.8, 4) is 0 Å². The molecule has 2 aromatic carbocycles. The van der Waals surface area contributed by atoms with Crippen LogP contribution in [-0.2, 0) is 0 Å². The third-order valence-electron chi connectivity index (χ3n) is 1.92. The number of anilines is 2. The Morgan fingerprint density at radius 1 is 1.07 bits per heavy atom. The van der Waals surface area contributed by atoms with E-state index in [4.69, 9.17) is 6.89 Å². The molecule has 0 aromatic heterocycles. The molecule has 0 atom stereocenters. The molecule has 0 spiro atoms. The standard InChI is InChI=1S/C12H9NS/c1-3-7-11-9(5-1)13-10-6-2-4-8-12(10)14-11/h1-8,13H/i3D,4D,5D,6D/hD. The van der Waals surface area contributed by atoms with Crippen molar-refractivity contribution in [2.24, 2.45) is 0 Å². The summed E-state index contributed by atoms with van der Waals surface area (Å²) in [7, 11) is 0. The fourth-order valence-electron chi connectivity index (χ4n) is 1.29. The van der Waals surface area contributed by atoms with Gasteiger partial charge in [-0.1, -0.05) is 36.0 Å². The van der Waals surface area contributed by atoms with Gasteiger partial charge in [0.15, 0.2) is 1.41 Å². The second kappa shape index (κ2) is 3.07. The molecule has 0 saturated heterocycles. The van der Waals surface area contributed by atoms with Crippen molar-refractivity contribution < 1.29 is 6.89 Å². The Hall–Kier alpha value is -1.41. The highest BCUT2D eigenvalue weighted by Crippen LogP contribution is 2.43. The lowest BCUT2D eigenvalue weighted by Gasteiger charge is -2.19. The van der Waals surface area contributed by atoms with Crippen molar-refractivity contribution in [3.05, 3.63) is 48.4 Å². The SMILES string of the molecule is [2H]c1cc([2H])c2c(c1)Sc1cc([2H])cc([2H])c1N2[2H]. The average Bonchev–Trinajstić information content (AvgIpc) is 2.25. The average molecular weight is 204 g/mol. The minimum Gasteiger partial charge on any atom is -0.354 e. The van der Waals surface area contributed by atoms with E-state index in [1.54, 1.807) is 12.1 Å². The highest BCUT2D eigenvalue weighted by atomic mass is 32.2. The van der Waals surface area contributed by atoms with Gasteiger partial charge in [0.2, 0.25) is 0 Å². The van der Waals surface area contributed by atoms with Crippen molar-refractivity contribution in [1.29, 1.82) is 0 Å². The maximum atomic E-state index is 8.12. The van der Waals surface area contributed by atoms with E-state index in [-0.39, 0.29) is 24.2 Å². The molecule has 0 unspecified atom stereocenters. The van der Waals surface area contributed by atoms with Gasteiger partial charge < -0.3 is 5.31 Å². The molecule has 3 rings (SSSR count). The Balaban J connectivity index is 2.26. The fourth-order valence-corrected chi connectivity index (χ4v) is 2.19. The van der Waals surface area contributed by atoms with E-state index in [1.807, 2.05) is 0 Å². The predicted octanol–water partition coefficient (Wildman–Crippen LogP) is 3.89. The Morgan fingerprint density at radius 2 is 1.64 bits per heavy atom. The van der Waals surface area contributed by atoms with Crippen molar-refractivity contribution in [2.75, 3.05) is 5.31 Å². The molecule has 0 radical (unpaired) electrons. The quantitative estimate of drug-likeness (QED) is 0.698. The highest BCUT2D eigenvalue weighted by Gasteiger charge is 2.13. The first-order valence-corrected chi connectivity index (χ1v) is 4.98. The second-order valence-corrected chi connectivity index (χ2v) is 3.92. The Morgan fingerprint density at radius 3 is 2.21 bits per heavy atom. The van der Waals surface area contributed by atoms with Crippen molar-refractivity contribution >= 4 is 23.1 Å². The minimum atomic E-state index is 0.102. The van der Waals surface area contributed by atoms with Gasteiger partial charge >= 0.3 is 0 Å². The number of hydrogen-bond donors (Lipinski definition) is 1. The lowest BCUT2D eigenvalue weighted by molar-refractivity contribution is 1.32. The molecular formula is C12H9NS. The van der Waals surface area contributed by atoms with E-state index >= 15 is 0 Å². The van der Waals surface area contributed by atoms with Gasteiger partial charge in [-0.25, -0.2) is 0 Å². The molecule has 2 heteroatoms. The summed E-state index contributed by atoms with van der Waals surface area (Å²) < 4.78 is 39.1. The molecule has 0 aliphatic carbocycles. The number of rotatable bonds is 0. The Bertz CT molecular complexity index is 631. The van der Waals surface area contributed by atoms with Crippen LogP contribution in [0.2, 0.25) is 1.41 Å². The molecule has 1 heterocycles. The number of para-hydroxylation sites is 2. The summed E-state index contributed by atoms with van der Waals surface area (Å²) >= 11 is 1.30. The molecule has 1 aliphatic heterocycles. The zero-order valence-corrected chi connectivity index (χ0v) is 7.98. The van der Waals surface area contributed by atoms with Crippen LogP contribution in [0.1, 0.15) is 5.48 Å². The van der Waals surface area contributed by atoms with Crippen molar-refractivity contribution in [3.63, 3.8) is 0 Å². The van der Waals surface area contributed by atoms with Crippen LogP contribution in [0.25, 0.3) is 0 Å². The summed E-state index contributed by atoms with van der Waals surface area (Å²) in [5.41, 5.74) is 0.777. The maximum absolute atomic E-state index is 8.12. The lowest BCUT2D eigenvalue weighted by atomic mass is 10.2. The highest BCUT2D eigenvalue weighted by molar-refractivity contribution is 7.99. The van der Waals surface area contributed by atoms with Crippen LogP contribution in [0.4, 0.5) is 11.4 Å². The van der Waals surface area contributed by atoms with Crippen LogP contribution >= 0.6 is 11.8 Å². The van der Waals surface area contributed by atoms with Crippen LogP contribution in [0.3, 0.4) is 0 Å². The molecule has 14 heavy (non-hydrogen) atoms. The molecule has 1 nitrogen and oxygen atoms in total. The largest absolute Gasteiger partial charge is 0.354 e. The summed E-state index contributed by atoms with van der Waals surface area (Å²) in [6.45, 7) is 0. The summed E-state index contributed by atoms with van der Waals surface area (Å²) in [5, 5.41) is 1.06. The van der Waals surface area contributed by atoms with Crippen LogP contribution in [0, 0.1) is 0 Å². The first-order valence-electron chi connectivity index (χ1n) is 6.61. The number of benzene rings is 2. The van der Waals surface area contributed by atoms with Gasteiger partial charge in [0.05, 0.1) is 16.9 Å². The van der Waals surface area contributed by atoms with Crippen molar-refractivity contribution in [1.82, 2.24) is 0 Å². The predicted molar refractivity (Wildman–Crippen MR) is 60.3 cm³/mol. The van der Waals surface area contributed by atoms with Gasteiger partial charge in [0, 0.05) is 9.79 Å². The smallest absolute Gasteiger partial charge is 0.167 e. The van der Waals surface area contributed by atoms with Crippen LogP contribution < -0.4 is 5.31 Å². The molecule has 1 N–H and O–H groups in total. The zero-order valence-electron chi connectivity index (χ0n) is 12.2. The molecule has 2 aromatic rings. The van der Waals surface area contributed by atoms with Crippen molar-refractivity contribution in [2.45, 2.75) is 9.79 Å². The molecule has 68 valence electrons. The number of hydrogen-bond acceptors (Lipinski definition) is 2. The second-order valence-electron chi connectivity index (χ2n) is 2.84. The molecule has 0 saturated carbocycles. The van der Waals surface area contributed by atoms with Gasteiger partial charge in [0.25, 0.3) is 0 Å². The Kier molecular flexibility index (Phi) is 0.965. The summed E-state index contributed by atoms with van der Waals surface area (Å²) in [6.07, 6.45) is 0. The lowest BCUT2D eigenvalue weighted by Crippen LogP contribution is -1.98. The van der Waals surface area contributed by atoms with E-state index in [9.17, 15) is 0 Å². The molecule has 0 fully saturated rings. The summed E-state index contributed by atoms with van der Waals surface area (Å²) in [4.78, 5) is 1.29. The maximum Gasteiger partial charge on any atom is 0.167 e. The van der Waals surface area contributed by atoms with Crippen LogP contribution in [0.15, 0.2) is 58.2 Å². The third kappa shape index (κ3) is 1.19. The van der Waals surface area contributed by atoms with Gasteiger partial charge in [0.1, 0.15) is 0 Å². The van der Waals surface area contributed by atoms with E-state index < -0.39 is 0 Å². The number of fused-ring (bicyclic) bond motifs is 2. The normalized spacial score (nSPS) is 18.3. The molecule has 1 aliphatic rings. The third-order valence-corrected chi connectivity index (χ3v) is 2.99. The first kappa shape index (κ1) is 4.41. The summed E-state index contributed by atoms with van der Waals surface area (Å²) in [5.74, 6) is 0. The van der Waals surface area contributed by atoms with Gasteiger partial charge in [-0.15, -0.1) is 0 Å². The van der Waals surface area contributed by atoms with Crippen LogP contribution in [-0.4, -0.2) is 0 Å². The van der Waals surface area contributed by atoms with E-state index in [0.29, 0.717) is 21.2 Å². The Labute approximate surface area is 94.2 Å². The van der Waals surface area contributed by atoms with E-state index in [0.717, 1.165) is 5.31 Å². The molecule has 0 amide bonds. The van der Waals surface area contributed by atoms with E-state index in [1.165, 1.54) is 23.9 Å². The minimum absolute atomic E-state index is 0.102. The first-order chi connectivity index (χ1) is 8.97. The fraction of sp³-hybridized carbons (Fsp3) is 0. The summed E-state index contributed by atoms with van der Waals surface area (Å²) in [6, 6.07) is 6.62. The van der Waals surface area contributed by atoms with E-state index in [2.05, 4.69) is 0 Å². The monoisotopic (exact) mass is 204 g/mol. The van der Waals surface area contributed by atoms with Crippen LogP contribution in [0.5, 0.6) is 0 Å².